The molecule has 0 unspecified atom stereocenters. The molecule has 3 rings (SSSR count). The monoisotopic (exact) mass is 391 g/mol. The fraction of sp³-hybridized carbons (Fsp3) is 0.600. The van der Waals surface area contributed by atoms with Crippen molar-refractivity contribution >= 4 is 10.0 Å². The van der Waals surface area contributed by atoms with Gasteiger partial charge in [0.05, 0.1) is 12.9 Å². The van der Waals surface area contributed by atoms with Gasteiger partial charge in [-0.1, -0.05) is 12.8 Å². The van der Waals surface area contributed by atoms with Crippen molar-refractivity contribution in [3.63, 3.8) is 0 Å². The van der Waals surface area contributed by atoms with E-state index in [0.29, 0.717) is 0 Å². The normalized spacial score (nSPS) is 16.7. The van der Waals surface area contributed by atoms with Crippen LogP contribution in [0.15, 0.2) is 29.8 Å². The van der Waals surface area contributed by atoms with Crippen LogP contribution in [-0.4, -0.2) is 44.6 Å². The highest BCUT2D eigenvalue weighted by Gasteiger charge is 2.35. The number of sulfonamides is 1. The molecule has 0 N–H and O–H groups in total. The highest BCUT2D eigenvalue weighted by molar-refractivity contribution is 7.89. The number of rotatable bonds is 6. The Bertz CT molecular complexity index is 853. The van der Waals surface area contributed by atoms with Gasteiger partial charge in [-0.25, -0.2) is 13.4 Å². The van der Waals surface area contributed by atoms with Gasteiger partial charge in [0.2, 0.25) is 0 Å². The molecular weight excluding hydrogens is 371 g/mol. The number of hydrogen-bond donors (Lipinski definition) is 0. The molecule has 0 aliphatic heterocycles. The molecule has 26 heavy (non-hydrogen) atoms. The van der Waals surface area contributed by atoms with E-state index in [9.17, 15) is 21.6 Å². The summed E-state index contributed by atoms with van der Waals surface area (Å²) in [7, 11) is -2.14. The van der Waals surface area contributed by atoms with E-state index in [2.05, 4.69) is 10.1 Å². The number of imidazole rings is 1. The Labute approximate surface area is 149 Å². The highest BCUT2D eigenvalue weighted by Crippen LogP contribution is 2.29. The van der Waals surface area contributed by atoms with Crippen LogP contribution in [-0.2, 0) is 29.8 Å². The first-order valence-corrected chi connectivity index (χ1v) is 9.72. The lowest BCUT2D eigenvalue weighted by atomic mass is 10.2. The van der Waals surface area contributed by atoms with Crippen LogP contribution in [0.2, 0.25) is 0 Å². The second-order valence-electron chi connectivity index (χ2n) is 6.39. The number of aryl methyl sites for hydroxylation is 1. The largest absolute Gasteiger partial charge is 0.435 e. The molecule has 0 radical (unpaired) electrons. The van der Waals surface area contributed by atoms with Gasteiger partial charge in [-0.15, -0.1) is 0 Å². The summed E-state index contributed by atoms with van der Waals surface area (Å²) in [6, 6.07) is 0.715. The fourth-order valence-electron chi connectivity index (χ4n) is 3.17. The van der Waals surface area contributed by atoms with Gasteiger partial charge < -0.3 is 4.57 Å². The molecule has 144 valence electrons. The lowest BCUT2D eigenvalue weighted by Gasteiger charge is -2.27. The number of hydrogen-bond acceptors (Lipinski definition) is 4. The first-order chi connectivity index (χ1) is 12.2. The van der Waals surface area contributed by atoms with Gasteiger partial charge in [0.25, 0.3) is 10.0 Å². The molecule has 7 nitrogen and oxygen atoms in total. The third kappa shape index (κ3) is 3.93. The van der Waals surface area contributed by atoms with Crippen molar-refractivity contribution in [1.82, 2.24) is 23.6 Å². The predicted molar refractivity (Wildman–Crippen MR) is 86.6 cm³/mol. The van der Waals surface area contributed by atoms with Gasteiger partial charge in [-0.3, -0.25) is 4.68 Å². The van der Waals surface area contributed by atoms with Gasteiger partial charge in [-0.2, -0.15) is 22.6 Å². The van der Waals surface area contributed by atoms with E-state index in [1.165, 1.54) is 23.0 Å². The molecule has 0 aromatic carbocycles. The van der Waals surface area contributed by atoms with Crippen molar-refractivity contribution in [2.75, 3.05) is 6.54 Å². The molecule has 0 atom stereocenters. The van der Waals surface area contributed by atoms with Gasteiger partial charge in [-0.05, 0) is 18.9 Å². The zero-order valence-corrected chi connectivity index (χ0v) is 15.0. The average molecular weight is 391 g/mol. The molecule has 1 saturated carbocycles. The van der Waals surface area contributed by atoms with Crippen LogP contribution in [0.4, 0.5) is 13.2 Å². The lowest BCUT2D eigenvalue weighted by Crippen LogP contribution is -2.41. The SMILES string of the molecule is Cn1cnc(S(=O)(=O)N(CCn2ccc(C(F)(F)F)n2)C2CCCC2)c1. The predicted octanol–water partition coefficient (Wildman–Crippen LogP) is 2.27. The van der Waals surface area contributed by atoms with E-state index in [1.54, 1.807) is 11.6 Å². The lowest BCUT2D eigenvalue weighted by molar-refractivity contribution is -0.141. The second kappa shape index (κ2) is 7.03. The standard InChI is InChI=1S/C15H20F3N5O2S/c1-21-10-14(19-11-21)26(24,25)23(12-4-2-3-5-12)9-8-22-7-6-13(20-22)15(16,17)18/h6-7,10-12H,2-5,8-9H2,1H3. The summed E-state index contributed by atoms with van der Waals surface area (Å²) in [4.78, 5) is 3.93. The molecule has 0 spiro atoms. The van der Waals surface area contributed by atoms with Crippen LogP contribution in [0.3, 0.4) is 0 Å². The third-order valence-corrected chi connectivity index (χ3v) is 6.30. The number of alkyl halides is 3. The number of halogens is 3. The summed E-state index contributed by atoms with van der Waals surface area (Å²) >= 11 is 0. The average Bonchev–Trinajstić information content (AvgIpc) is 3.26. The maximum absolute atomic E-state index is 13.0. The number of aromatic nitrogens is 4. The summed E-state index contributed by atoms with van der Waals surface area (Å²) in [5.41, 5.74) is -0.988. The van der Waals surface area contributed by atoms with Crippen LogP contribution >= 0.6 is 0 Å². The Morgan fingerprint density at radius 1 is 1.31 bits per heavy atom. The quantitative estimate of drug-likeness (QED) is 0.757. The van der Waals surface area contributed by atoms with Crippen LogP contribution in [0.1, 0.15) is 31.4 Å². The van der Waals surface area contributed by atoms with Gasteiger partial charge in [0, 0.05) is 32.0 Å². The third-order valence-electron chi connectivity index (χ3n) is 4.47. The van der Waals surface area contributed by atoms with E-state index in [1.807, 2.05) is 0 Å². The van der Waals surface area contributed by atoms with Crippen molar-refractivity contribution in [3.05, 3.63) is 30.5 Å². The maximum atomic E-state index is 13.0. The van der Waals surface area contributed by atoms with Gasteiger partial charge in [0.15, 0.2) is 10.7 Å². The number of nitrogens with zero attached hydrogens (tertiary/aromatic N) is 5. The Hall–Kier alpha value is -1.88. The van der Waals surface area contributed by atoms with Crippen LogP contribution in [0.5, 0.6) is 0 Å². The minimum absolute atomic E-state index is 0.0403. The molecule has 11 heteroatoms. The van der Waals surface area contributed by atoms with Gasteiger partial charge >= 0.3 is 6.18 Å². The molecule has 0 bridgehead atoms. The summed E-state index contributed by atoms with van der Waals surface area (Å²) < 4.78 is 67.9. The molecule has 1 fully saturated rings. The van der Waals surface area contributed by atoms with Gasteiger partial charge in [0.1, 0.15) is 0 Å². The van der Waals surface area contributed by atoms with Crippen LogP contribution < -0.4 is 0 Å². The first-order valence-electron chi connectivity index (χ1n) is 8.28. The summed E-state index contributed by atoms with van der Waals surface area (Å²) in [5.74, 6) is 0. The summed E-state index contributed by atoms with van der Waals surface area (Å²) in [5, 5.41) is 3.44. The smallest absolute Gasteiger partial charge is 0.339 e. The van der Waals surface area contributed by atoms with E-state index in [0.717, 1.165) is 36.4 Å². The van der Waals surface area contributed by atoms with E-state index in [4.69, 9.17) is 0 Å². The molecule has 2 aromatic heterocycles. The molecule has 0 saturated heterocycles. The zero-order valence-electron chi connectivity index (χ0n) is 14.2. The van der Waals surface area contributed by atoms with Crippen LogP contribution in [0.25, 0.3) is 0 Å². The van der Waals surface area contributed by atoms with Crippen molar-refractivity contribution < 1.29 is 21.6 Å². The Kier molecular flexibility index (Phi) is 5.11. The maximum Gasteiger partial charge on any atom is 0.435 e. The Balaban J connectivity index is 1.80. The van der Waals surface area contributed by atoms with E-state index < -0.39 is 21.9 Å². The van der Waals surface area contributed by atoms with Crippen molar-refractivity contribution in [2.45, 2.75) is 49.5 Å². The van der Waals surface area contributed by atoms with Crippen molar-refractivity contribution in [3.8, 4) is 0 Å². The van der Waals surface area contributed by atoms with Crippen molar-refractivity contribution in [1.29, 1.82) is 0 Å². The van der Waals surface area contributed by atoms with E-state index >= 15 is 0 Å². The minimum atomic E-state index is -4.52. The zero-order chi connectivity index (χ0) is 18.9. The molecule has 2 heterocycles. The molecule has 2 aromatic rings. The molecule has 1 aliphatic carbocycles. The Morgan fingerprint density at radius 2 is 2.00 bits per heavy atom. The topological polar surface area (TPSA) is 73.0 Å². The Morgan fingerprint density at radius 3 is 2.54 bits per heavy atom. The summed E-state index contributed by atoms with van der Waals surface area (Å²) in [6.45, 7) is 0.0845. The highest BCUT2D eigenvalue weighted by atomic mass is 32.2. The second-order valence-corrected chi connectivity index (χ2v) is 8.23. The van der Waals surface area contributed by atoms with Crippen LogP contribution in [0, 0.1) is 0 Å². The van der Waals surface area contributed by atoms with E-state index in [-0.39, 0.29) is 24.2 Å². The van der Waals surface area contributed by atoms with Crippen molar-refractivity contribution in [2.24, 2.45) is 7.05 Å². The molecular formula is C15H20F3N5O2S. The minimum Gasteiger partial charge on any atom is -0.339 e. The summed E-state index contributed by atoms with van der Waals surface area (Å²) in [6.07, 6.45) is 2.85. The molecule has 0 amide bonds. The fourth-order valence-corrected chi connectivity index (χ4v) is 4.82. The first kappa shape index (κ1) is 18.9. The molecule has 1 aliphatic rings.